The Balaban J connectivity index is 2.05. The molecule has 0 atom stereocenters. The molecule has 0 saturated heterocycles. The maximum Gasteiger partial charge on any atom is 0.340 e. The molecule has 3 rings (SSSR count). The Hall–Kier alpha value is -3.19. The normalized spacial score (nSPS) is 10.6. The number of hydrogen-bond donors (Lipinski definition) is 1. The average Bonchev–Trinajstić information content (AvgIpc) is 3.05. The van der Waals surface area contributed by atoms with Crippen molar-refractivity contribution in [2.24, 2.45) is 7.05 Å². The van der Waals surface area contributed by atoms with Crippen molar-refractivity contribution in [2.75, 3.05) is 26.6 Å². The Morgan fingerprint density at radius 1 is 1.04 bits per heavy atom. The van der Waals surface area contributed by atoms with Gasteiger partial charge in [0.15, 0.2) is 11.5 Å². The van der Waals surface area contributed by atoms with Gasteiger partial charge < -0.3 is 24.1 Å². The summed E-state index contributed by atoms with van der Waals surface area (Å²) in [6.45, 7) is 0. The van der Waals surface area contributed by atoms with Gasteiger partial charge in [-0.15, -0.1) is 0 Å². The second-order valence-corrected chi connectivity index (χ2v) is 6.37. The Bertz CT molecular complexity index is 1070. The van der Waals surface area contributed by atoms with Crippen molar-refractivity contribution in [1.82, 2.24) is 4.57 Å². The first kappa shape index (κ1) is 19.6. The van der Waals surface area contributed by atoms with Crippen LogP contribution in [-0.2, 0) is 11.8 Å². The molecule has 2 aromatic carbocycles. The number of methoxy groups -OCH3 is 3. The zero-order chi connectivity index (χ0) is 20.4. The number of esters is 1. The van der Waals surface area contributed by atoms with E-state index in [1.54, 1.807) is 23.7 Å². The Labute approximate surface area is 166 Å². The lowest BCUT2D eigenvalue weighted by atomic mass is 10.1. The topological polar surface area (TPSA) is 78.8 Å². The molecule has 0 fully saturated rings. The summed E-state index contributed by atoms with van der Waals surface area (Å²) in [5.41, 5.74) is 1.59. The zero-order valence-corrected chi connectivity index (χ0v) is 16.6. The minimum Gasteiger partial charge on any atom is -0.493 e. The summed E-state index contributed by atoms with van der Waals surface area (Å²) in [7, 11) is 5.95. The number of halogens is 1. The van der Waals surface area contributed by atoms with Crippen molar-refractivity contribution in [3.05, 3.63) is 52.7 Å². The summed E-state index contributed by atoms with van der Waals surface area (Å²) in [6.07, 6.45) is 0. The van der Waals surface area contributed by atoms with E-state index in [0.29, 0.717) is 22.2 Å². The highest BCUT2D eigenvalue weighted by atomic mass is 35.5. The van der Waals surface area contributed by atoms with Crippen LogP contribution in [0, 0.1) is 0 Å². The SMILES string of the molecule is COC(=O)c1cc(OC)c(OC)cc1NC(=O)c1cc2c(Cl)cccc2n1C. The van der Waals surface area contributed by atoms with E-state index < -0.39 is 11.9 Å². The maximum atomic E-state index is 12.9. The standard InChI is InChI=1S/C20H19ClN2O5/c1-23-15-7-5-6-13(21)11(15)8-16(23)19(24)22-14-10-18(27-3)17(26-2)9-12(14)20(25)28-4/h5-10H,1-4H3,(H,22,24). The molecule has 0 aliphatic carbocycles. The van der Waals surface area contributed by atoms with Crippen molar-refractivity contribution >= 4 is 40.1 Å². The second-order valence-electron chi connectivity index (χ2n) is 5.96. The van der Waals surface area contributed by atoms with Gasteiger partial charge in [-0.2, -0.15) is 0 Å². The highest BCUT2D eigenvalue weighted by Crippen LogP contribution is 2.34. The highest BCUT2D eigenvalue weighted by molar-refractivity contribution is 6.35. The van der Waals surface area contributed by atoms with Crippen LogP contribution >= 0.6 is 11.6 Å². The number of fused-ring (bicyclic) bond motifs is 1. The van der Waals surface area contributed by atoms with Crippen molar-refractivity contribution < 1.29 is 23.8 Å². The van der Waals surface area contributed by atoms with Crippen LogP contribution in [0.1, 0.15) is 20.8 Å². The first-order chi connectivity index (χ1) is 13.4. The number of rotatable bonds is 5. The van der Waals surface area contributed by atoms with Crippen LogP contribution in [0.25, 0.3) is 10.9 Å². The average molecular weight is 403 g/mol. The summed E-state index contributed by atoms with van der Waals surface area (Å²) < 4.78 is 17.0. The number of nitrogens with zero attached hydrogens (tertiary/aromatic N) is 1. The van der Waals surface area contributed by atoms with E-state index in [9.17, 15) is 9.59 Å². The number of benzene rings is 2. The lowest BCUT2D eigenvalue weighted by molar-refractivity contribution is 0.0601. The minimum absolute atomic E-state index is 0.144. The molecule has 0 aliphatic heterocycles. The van der Waals surface area contributed by atoms with Crippen LogP contribution in [0.3, 0.4) is 0 Å². The van der Waals surface area contributed by atoms with E-state index in [1.165, 1.54) is 33.5 Å². The van der Waals surface area contributed by atoms with Crippen molar-refractivity contribution in [3.63, 3.8) is 0 Å². The van der Waals surface area contributed by atoms with Crippen LogP contribution in [0.2, 0.25) is 5.02 Å². The molecule has 0 radical (unpaired) electrons. The minimum atomic E-state index is -0.615. The molecular weight excluding hydrogens is 384 g/mol. The predicted octanol–water partition coefficient (Wildman–Crippen LogP) is 3.89. The van der Waals surface area contributed by atoms with Gasteiger partial charge in [0.1, 0.15) is 5.69 Å². The van der Waals surface area contributed by atoms with Gasteiger partial charge in [-0.3, -0.25) is 4.79 Å². The van der Waals surface area contributed by atoms with Gasteiger partial charge in [0.05, 0.1) is 32.6 Å². The molecule has 3 aromatic rings. The van der Waals surface area contributed by atoms with Gasteiger partial charge in [0.2, 0.25) is 0 Å². The molecular formula is C20H19ClN2O5. The number of carbonyl (C=O) groups excluding carboxylic acids is 2. The number of anilines is 1. The smallest absolute Gasteiger partial charge is 0.340 e. The third kappa shape index (κ3) is 3.36. The van der Waals surface area contributed by atoms with Crippen LogP contribution < -0.4 is 14.8 Å². The Morgan fingerprint density at radius 3 is 2.32 bits per heavy atom. The summed E-state index contributed by atoms with van der Waals surface area (Å²) in [5, 5.41) is 4.06. The zero-order valence-electron chi connectivity index (χ0n) is 15.8. The fraction of sp³-hybridized carbons (Fsp3) is 0.200. The van der Waals surface area contributed by atoms with Crippen LogP contribution in [0.5, 0.6) is 11.5 Å². The lowest BCUT2D eigenvalue weighted by Gasteiger charge is -2.15. The van der Waals surface area contributed by atoms with Gasteiger partial charge in [0, 0.05) is 35.1 Å². The lowest BCUT2D eigenvalue weighted by Crippen LogP contribution is -2.18. The monoisotopic (exact) mass is 402 g/mol. The predicted molar refractivity (Wildman–Crippen MR) is 107 cm³/mol. The summed E-state index contributed by atoms with van der Waals surface area (Å²) in [6, 6.07) is 10.1. The van der Waals surface area contributed by atoms with Crippen molar-refractivity contribution in [1.29, 1.82) is 0 Å². The molecule has 1 amide bonds. The van der Waals surface area contributed by atoms with Gasteiger partial charge in [-0.05, 0) is 18.2 Å². The molecule has 8 heteroatoms. The molecule has 0 unspecified atom stereocenters. The molecule has 1 aromatic heterocycles. The molecule has 7 nitrogen and oxygen atoms in total. The quantitative estimate of drug-likeness (QED) is 0.655. The van der Waals surface area contributed by atoms with Gasteiger partial charge >= 0.3 is 5.97 Å². The van der Waals surface area contributed by atoms with Gasteiger partial charge in [0.25, 0.3) is 5.91 Å². The first-order valence-corrected chi connectivity index (χ1v) is 8.68. The second kappa shape index (κ2) is 7.82. The van der Waals surface area contributed by atoms with E-state index in [2.05, 4.69) is 5.32 Å². The molecule has 0 spiro atoms. The number of ether oxygens (including phenoxy) is 3. The first-order valence-electron chi connectivity index (χ1n) is 8.30. The maximum absolute atomic E-state index is 12.9. The van der Waals surface area contributed by atoms with E-state index in [0.717, 1.165) is 10.9 Å². The molecule has 28 heavy (non-hydrogen) atoms. The van der Waals surface area contributed by atoms with E-state index >= 15 is 0 Å². The van der Waals surface area contributed by atoms with E-state index in [1.807, 2.05) is 12.1 Å². The van der Waals surface area contributed by atoms with Crippen LogP contribution in [0.15, 0.2) is 36.4 Å². The Kier molecular flexibility index (Phi) is 5.46. The Morgan fingerprint density at radius 2 is 1.71 bits per heavy atom. The van der Waals surface area contributed by atoms with Gasteiger partial charge in [-0.1, -0.05) is 17.7 Å². The van der Waals surface area contributed by atoms with E-state index in [4.69, 9.17) is 25.8 Å². The van der Waals surface area contributed by atoms with Crippen molar-refractivity contribution in [2.45, 2.75) is 0 Å². The number of nitrogens with one attached hydrogen (secondary N) is 1. The number of hydrogen-bond acceptors (Lipinski definition) is 5. The molecule has 146 valence electrons. The summed E-state index contributed by atoms with van der Waals surface area (Å²) >= 11 is 6.23. The van der Waals surface area contributed by atoms with Crippen LogP contribution in [0.4, 0.5) is 5.69 Å². The summed E-state index contributed by atoms with van der Waals surface area (Å²) in [4.78, 5) is 25.1. The molecule has 0 bridgehead atoms. The van der Waals surface area contributed by atoms with E-state index in [-0.39, 0.29) is 11.3 Å². The summed E-state index contributed by atoms with van der Waals surface area (Å²) in [5.74, 6) is -0.314. The fourth-order valence-corrected chi connectivity index (χ4v) is 3.21. The largest absolute Gasteiger partial charge is 0.493 e. The van der Waals surface area contributed by atoms with Gasteiger partial charge in [-0.25, -0.2) is 4.79 Å². The fourth-order valence-electron chi connectivity index (χ4n) is 2.99. The number of amides is 1. The molecule has 1 heterocycles. The number of aryl methyl sites for hydroxylation is 1. The van der Waals surface area contributed by atoms with Crippen LogP contribution in [-0.4, -0.2) is 37.8 Å². The highest BCUT2D eigenvalue weighted by Gasteiger charge is 2.21. The third-order valence-electron chi connectivity index (χ3n) is 4.44. The number of carbonyl (C=O) groups is 2. The molecule has 0 aliphatic rings. The molecule has 0 saturated carbocycles. The number of aromatic nitrogens is 1. The van der Waals surface area contributed by atoms with Crippen molar-refractivity contribution in [3.8, 4) is 11.5 Å². The molecule has 1 N–H and O–H groups in total. The third-order valence-corrected chi connectivity index (χ3v) is 4.77.